The zero-order chi connectivity index (χ0) is 12.8. The third kappa shape index (κ3) is 3.79. The van der Waals surface area contributed by atoms with E-state index in [-0.39, 0.29) is 0 Å². The van der Waals surface area contributed by atoms with Crippen molar-refractivity contribution in [2.24, 2.45) is 5.73 Å². The van der Waals surface area contributed by atoms with Gasteiger partial charge in [0.25, 0.3) is 0 Å². The Morgan fingerprint density at radius 3 is 2.72 bits per heavy atom. The molecule has 0 spiro atoms. The van der Waals surface area contributed by atoms with Crippen molar-refractivity contribution in [1.29, 1.82) is 0 Å². The second-order valence-corrected chi connectivity index (χ2v) is 5.91. The van der Waals surface area contributed by atoms with E-state index >= 15 is 0 Å². The van der Waals surface area contributed by atoms with Crippen LogP contribution < -0.4 is 11.1 Å². The Labute approximate surface area is 114 Å². The van der Waals surface area contributed by atoms with Crippen molar-refractivity contribution in [1.82, 2.24) is 0 Å². The Morgan fingerprint density at radius 2 is 2.00 bits per heavy atom. The Morgan fingerprint density at radius 1 is 1.28 bits per heavy atom. The minimum Gasteiger partial charge on any atom is -0.381 e. The van der Waals surface area contributed by atoms with E-state index in [1.165, 1.54) is 23.4 Å². The minimum absolute atomic E-state index is 0.411. The van der Waals surface area contributed by atoms with Gasteiger partial charge in [0.05, 0.1) is 0 Å². The molecule has 2 rings (SSSR count). The first kappa shape index (κ1) is 13.5. The molecule has 1 aromatic carbocycles. The molecule has 0 atom stereocenters. The summed E-state index contributed by atoms with van der Waals surface area (Å²) < 4.78 is 0. The average molecular weight is 262 g/mol. The number of rotatable bonds is 5. The van der Waals surface area contributed by atoms with Crippen molar-refractivity contribution in [3.05, 3.63) is 36.9 Å². The highest BCUT2D eigenvalue weighted by Crippen LogP contribution is 2.29. The first-order chi connectivity index (χ1) is 8.79. The van der Waals surface area contributed by atoms with Gasteiger partial charge in [0.2, 0.25) is 0 Å². The van der Waals surface area contributed by atoms with Gasteiger partial charge in [0.15, 0.2) is 0 Å². The predicted octanol–water partition coefficient (Wildman–Crippen LogP) is 3.65. The standard InChI is InChI=1S/C15H22N2S/c1-2-11-18-15-6-4-3-5-14(15)17-13-9-7-12(16)8-10-13/h2-6,12-13,17H,1,7-11,16H2. The first-order valence-electron chi connectivity index (χ1n) is 6.64. The fourth-order valence-corrected chi connectivity index (χ4v) is 3.10. The summed E-state index contributed by atoms with van der Waals surface area (Å²) in [6.07, 6.45) is 6.59. The highest BCUT2D eigenvalue weighted by molar-refractivity contribution is 7.99. The van der Waals surface area contributed by atoms with Crippen LogP contribution in [-0.2, 0) is 0 Å². The number of nitrogens with two attached hydrogens (primary N) is 1. The maximum atomic E-state index is 5.94. The van der Waals surface area contributed by atoms with Crippen LogP contribution in [0.2, 0.25) is 0 Å². The molecule has 3 N–H and O–H groups in total. The van der Waals surface area contributed by atoms with Crippen molar-refractivity contribution in [3.63, 3.8) is 0 Å². The van der Waals surface area contributed by atoms with Gasteiger partial charge in [0.1, 0.15) is 0 Å². The lowest BCUT2D eigenvalue weighted by Gasteiger charge is -2.28. The monoisotopic (exact) mass is 262 g/mol. The third-order valence-corrected chi connectivity index (χ3v) is 4.44. The number of thioether (sulfide) groups is 1. The molecule has 1 fully saturated rings. The van der Waals surface area contributed by atoms with Crippen molar-refractivity contribution >= 4 is 17.4 Å². The Hall–Kier alpha value is -0.930. The Kier molecular flexibility index (Phi) is 5.14. The van der Waals surface area contributed by atoms with Crippen molar-refractivity contribution < 1.29 is 0 Å². The third-order valence-electron chi connectivity index (χ3n) is 3.38. The number of anilines is 1. The summed E-state index contributed by atoms with van der Waals surface area (Å²) in [7, 11) is 0. The molecule has 0 heterocycles. The topological polar surface area (TPSA) is 38.0 Å². The molecular weight excluding hydrogens is 240 g/mol. The lowest BCUT2D eigenvalue weighted by Crippen LogP contribution is -2.32. The van der Waals surface area contributed by atoms with E-state index in [1.54, 1.807) is 0 Å². The summed E-state index contributed by atoms with van der Waals surface area (Å²) >= 11 is 1.83. The molecule has 3 heteroatoms. The summed E-state index contributed by atoms with van der Waals surface area (Å²) in [5.74, 6) is 0.953. The summed E-state index contributed by atoms with van der Waals surface area (Å²) in [4.78, 5) is 1.31. The highest BCUT2D eigenvalue weighted by Gasteiger charge is 2.18. The first-order valence-corrected chi connectivity index (χ1v) is 7.63. The van der Waals surface area contributed by atoms with Crippen LogP contribution in [-0.4, -0.2) is 17.8 Å². The number of nitrogens with one attached hydrogen (secondary N) is 1. The fourth-order valence-electron chi connectivity index (χ4n) is 2.34. The van der Waals surface area contributed by atoms with Crippen LogP contribution in [0, 0.1) is 0 Å². The van der Waals surface area contributed by atoms with Crippen molar-refractivity contribution in [3.8, 4) is 0 Å². The lowest BCUT2D eigenvalue weighted by atomic mass is 9.92. The van der Waals surface area contributed by atoms with E-state index in [0.29, 0.717) is 12.1 Å². The van der Waals surface area contributed by atoms with Gasteiger partial charge in [-0.15, -0.1) is 18.3 Å². The smallest absolute Gasteiger partial charge is 0.0480 e. The van der Waals surface area contributed by atoms with Crippen LogP contribution in [0.4, 0.5) is 5.69 Å². The molecule has 98 valence electrons. The van der Waals surface area contributed by atoms with E-state index in [0.717, 1.165) is 18.6 Å². The molecule has 2 nitrogen and oxygen atoms in total. The average Bonchev–Trinajstić information content (AvgIpc) is 2.40. The molecule has 18 heavy (non-hydrogen) atoms. The Bertz CT molecular complexity index is 384. The van der Waals surface area contributed by atoms with E-state index < -0.39 is 0 Å². The van der Waals surface area contributed by atoms with Gasteiger partial charge in [-0.25, -0.2) is 0 Å². The number of hydrogen-bond acceptors (Lipinski definition) is 3. The predicted molar refractivity (Wildman–Crippen MR) is 81.2 cm³/mol. The van der Waals surface area contributed by atoms with Crippen LogP contribution >= 0.6 is 11.8 Å². The van der Waals surface area contributed by atoms with Crippen molar-refractivity contribution in [2.75, 3.05) is 11.1 Å². The van der Waals surface area contributed by atoms with Gasteiger partial charge in [-0.3, -0.25) is 0 Å². The second kappa shape index (κ2) is 6.86. The SMILES string of the molecule is C=CCSc1ccccc1NC1CCC(N)CC1. The van der Waals surface area contributed by atoms with Crippen LogP contribution in [0.15, 0.2) is 41.8 Å². The van der Waals surface area contributed by atoms with E-state index in [2.05, 4.69) is 36.2 Å². The van der Waals surface area contributed by atoms with Gasteiger partial charge in [-0.05, 0) is 37.8 Å². The molecule has 1 aliphatic carbocycles. The van der Waals surface area contributed by atoms with Crippen LogP contribution in [0.1, 0.15) is 25.7 Å². The van der Waals surface area contributed by atoms with Crippen LogP contribution in [0.3, 0.4) is 0 Å². The molecule has 0 saturated heterocycles. The minimum atomic E-state index is 0.411. The second-order valence-electron chi connectivity index (χ2n) is 4.85. The van der Waals surface area contributed by atoms with E-state index in [4.69, 9.17) is 5.73 Å². The normalized spacial score (nSPS) is 23.6. The molecule has 0 amide bonds. The molecule has 0 unspecified atom stereocenters. The van der Waals surface area contributed by atoms with Crippen LogP contribution in [0.25, 0.3) is 0 Å². The lowest BCUT2D eigenvalue weighted by molar-refractivity contribution is 0.411. The molecule has 1 aromatic rings. The molecule has 0 radical (unpaired) electrons. The largest absolute Gasteiger partial charge is 0.381 e. The van der Waals surface area contributed by atoms with Crippen molar-refractivity contribution in [2.45, 2.75) is 42.7 Å². The van der Waals surface area contributed by atoms with Crippen LogP contribution in [0.5, 0.6) is 0 Å². The Balaban J connectivity index is 1.97. The van der Waals surface area contributed by atoms with Gasteiger partial charge < -0.3 is 11.1 Å². The summed E-state index contributed by atoms with van der Waals surface area (Å²) in [5.41, 5.74) is 7.20. The summed E-state index contributed by atoms with van der Waals surface area (Å²) in [6, 6.07) is 9.51. The molecule has 1 saturated carbocycles. The van der Waals surface area contributed by atoms with Gasteiger partial charge in [-0.2, -0.15) is 0 Å². The molecule has 0 aliphatic heterocycles. The maximum absolute atomic E-state index is 5.94. The number of para-hydroxylation sites is 1. The quantitative estimate of drug-likeness (QED) is 0.628. The maximum Gasteiger partial charge on any atom is 0.0480 e. The fraction of sp³-hybridized carbons (Fsp3) is 0.467. The van der Waals surface area contributed by atoms with Gasteiger partial charge >= 0.3 is 0 Å². The molecule has 0 bridgehead atoms. The van der Waals surface area contributed by atoms with Gasteiger partial charge in [-0.1, -0.05) is 18.2 Å². The number of benzene rings is 1. The zero-order valence-corrected chi connectivity index (χ0v) is 11.6. The van der Waals surface area contributed by atoms with E-state index in [9.17, 15) is 0 Å². The molecule has 1 aliphatic rings. The van der Waals surface area contributed by atoms with E-state index in [1.807, 2.05) is 17.8 Å². The zero-order valence-electron chi connectivity index (χ0n) is 10.8. The van der Waals surface area contributed by atoms with Gasteiger partial charge in [0, 0.05) is 28.4 Å². The molecular formula is C15H22N2S. The molecule has 0 aromatic heterocycles. The highest BCUT2D eigenvalue weighted by atomic mass is 32.2. The number of hydrogen-bond donors (Lipinski definition) is 2. The summed E-state index contributed by atoms with van der Waals surface area (Å²) in [6.45, 7) is 3.77. The summed E-state index contributed by atoms with van der Waals surface area (Å²) in [5, 5.41) is 3.67.